The van der Waals surface area contributed by atoms with E-state index in [4.69, 9.17) is 4.74 Å². The van der Waals surface area contributed by atoms with E-state index >= 15 is 0 Å². The number of pyridine rings is 1. The van der Waals surface area contributed by atoms with Crippen LogP contribution in [-0.4, -0.2) is 28.1 Å². The van der Waals surface area contributed by atoms with E-state index in [0.717, 1.165) is 37.0 Å². The van der Waals surface area contributed by atoms with Gasteiger partial charge in [-0.3, -0.25) is 14.6 Å². The van der Waals surface area contributed by atoms with Crippen molar-refractivity contribution in [1.29, 1.82) is 0 Å². The van der Waals surface area contributed by atoms with Gasteiger partial charge in [-0.2, -0.15) is 0 Å². The van der Waals surface area contributed by atoms with E-state index in [1.54, 1.807) is 12.4 Å². The fourth-order valence-corrected chi connectivity index (χ4v) is 14.1. The van der Waals surface area contributed by atoms with E-state index < -0.39 is 5.97 Å². The summed E-state index contributed by atoms with van der Waals surface area (Å²) >= 11 is 0. The molecule has 0 aliphatic heterocycles. The Morgan fingerprint density at radius 1 is 0.887 bits per heavy atom. The largest absolute Gasteiger partial charge is 0.495 e. The topological polar surface area (TPSA) is 88.5 Å². The molecule has 4 unspecified atom stereocenters. The van der Waals surface area contributed by atoms with Gasteiger partial charge in [0.1, 0.15) is 6.10 Å². The molecule has 0 bridgehead atoms. The molecule has 6 nitrogen and oxygen atoms in total. The Hall–Kier alpha value is -2.63. The number of carbonyl (C=O) groups is 2. The number of allylic oxidation sites excluding steroid dienone is 2. The first kappa shape index (κ1) is 41.5. The first-order valence-corrected chi connectivity index (χ1v) is 21.2. The van der Waals surface area contributed by atoms with Crippen molar-refractivity contribution in [2.75, 3.05) is 0 Å². The summed E-state index contributed by atoms with van der Waals surface area (Å²) in [5.74, 6) is 2.99. The molecule has 53 heavy (non-hydrogen) atoms. The number of aliphatic carboxylic acids is 1. The van der Waals surface area contributed by atoms with Crippen molar-refractivity contribution in [2.45, 2.75) is 165 Å². The van der Waals surface area contributed by atoms with Crippen molar-refractivity contribution < 1.29 is 19.4 Å². The lowest BCUT2D eigenvalue weighted by Gasteiger charge is -2.73. The molecule has 5 saturated carbocycles. The van der Waals surface area contributed by atoms with Crippen LogP contribution in [0.1, 0.15) is 158 Å². The van der Waals surface area contributed by atoms with Gasteiger partial charge in [-0.25, -0.2) is 0 Å². The fraction of sp³-hybridized carbons (Fsp3) is 0.766. The molecule has 1 aromatic rings. The van der Waals surface area contributed by atoms with E-state index in [1.165, 1.54) is 44.1 Å². The van der Waals surface area contributed by atoms with Gasteiger partial charge in [0.05, 0.1) is 12.2 Å². The van der Waals surface area contributed by atoms with Crippen molar-refractivity contribution in [2.24, 2.45) is 62.1 Å². The Balaban J connectivity index is 0.00000266. The number of hydrogen-bond donors (Lipinski definition) is 2. The third-order valence-electron chi connectivity index (χ3n) is 16.5. The van der Waals surface area contributed by atoms with Crippen molar-refractivity contribution in [1.82, 2.24) is 10.3 Å². The standard InChI is InChI=1S/C45H68N2O4.C2H6/c1-29(2)32-13-20-45(26-37(48)47-28-31-16-23-46-24-17-31)22-21-43(9)33(39(32)45)11-12-35-42(8)18-15-36(41(6,7)34(42)14-19-44(35,43)10)51-30(3)25-40(4,5)27-38(49)50;1-2/h16-17,23-24,32-36,39H,1,3,11-15,18-22,25-28H2,2,4-10H3,(H,47,48)(H,49,50);1-2H3/t32-,33+,34?,35?,36?,39?,42-,43+,44+,45+;/m0./s1. The lowest BCUT2D eigenvalue weighted by Crippen LogP contribution is -2.66. The number of rotatable bonds is 11. The van der Waals surface area contributed by atoms with Gasteiger partial charge in [0.15, 0.2) is 0 Å². The SMILES string of the molecule is C=C(CC(C)(C)CC(=O)O)OC1CC[C@@]2(C)C(CC[C@]3(C)C2CC[C@@H]2C4[C@H](C(=C)C)CC[C@]4(CC(=O)NCc4ccncc4)CC[C@]23C)C1(C)C.CC. The number of nitrogens with one attached hydrogen (secondary N) is 1. The predicted octanol–water partition coefficient (Wildman–Crippen LogP) is 11.6. The number of fused-ring (bicyclic) bond motifs is 7. The van der Waals surface area contributed by atoms with Crippen LogP contribution in [0.5, 0.6) is 0 Å². The van der Waals surface area contributed by atoms with Crippen LogP contribution in [0, 0.1) is 62.1 Å². The van der Waals surface area contributed by atoms with Gasteiger partial charge in [-0.05, 0) is 145 Å². The summed E-state index contributed by atoms with van der Waals surface area (Å²) in [6.07, 6.45) is 16.8. The lowest BCUT2D eigenvalue weighted by atomic mass is 9.32. The Morgan fingerprint density at radius 3 is 2.21 bits per heavy atom. The molecule has 5 aliphatic carbocycles. The summed E-state index contributed by atoms with van der Waals surface area (Å²) in [6.45, 7) is 32.6. The molecular weight excluding hydrogens is 657 g/mol. The maximum Gasteiger partial charge on any atom is 0.303 e. The second-order valence-electron chi connectivity index (χ2n) is 20.3. The molecular formula is C47H74N2O4. The maximum absolute atomic E-state index is 13.7. The van der Waals surface area contributed by atoms with Gasteiger partial charge in [0.25, 0.3) is 0 Å². The first-order valence-electron chi connectivity index (χ1n) is 21.2. The van der Waals surface area contributed by atoms with E-state index in [2.05, 4.69) is 65.0 Å². The fourth-order valence-electron chi connectivity index (χ4n) is 14.1. The zero-order valence-corrected chi connectivity index (χ0v) is 35.2. The van der Waals surface area contributed by atoms with Crippen LogP contribution in [0.4, 0.5) is 0 Å². The second-order valence-corrected chi connectivity index (χ2v) is 20.3. The predicted molar refractivity (Wildman–Crippen MR) is 216 cm³/mol. The highest BCUT2D eigenvalue weighted by atomic mass is 16.5. The smallest absolute Gasteiger partial charge is 0.303 e. The third-order valence-corrected chi connectivity index (χ3v) is 16.5. The number of amides is 1. The number of aromatic nitrogens is 1. The average molecular weight is 731 g/mol. The molecule has 6 rings (SSSR count). The van der Waals surface area contributed by atoms with Crippen LogP contribution in [-0.2, 0) is 20.9 Å². The monoisotopic (exact) mass is 731 g/mol. The highest BCUT2D eigenvalue weighted by Gasteiger charge is 2.71. The number of nitrogens with zero attached hydrogens (tertiary/aromatic N) is 1. The molecule has 5 aliphatic rings. The van der Waals surface area contributed by atoms with Gasteiger partial charge in [0.2, 0.25) is 5.91 Å². The quantitative estimate of drug-likeness (QED) is 0.175. The number of hydrogen-bond acceptors (Lipinski definition) is 4. The van der Waals surface area contributed by atoms with Crippen molar-refractivity contribution in [3.8, 4) is 0 Å². The number of carbonyl (C=O) groups excluding carboxylic acids is 1. The van der Waals surface area contributed by atoms with Crippen LogP contribution < -0.4 is 5.32 Å². The number of carboxylic acid groups (broad SMARTS) is 1. The highest BCUT2D eigenvalue weighted by molar-refractivity contribution is 5.77. The minimum atomic E-state index is -0.774. The molecule has 5 fully saturated rings. The van der Waals surface area contributed by atoms with Crippen LogP contribution in [0.3, 0.4) is 0 Å². The highest BCUT2D eigenvalue weighted by Crippen LogP contribution is 2.78. The Kier molecular flexibility index (Phi) is 11.9. The Labute approximate surface area is 322 Å². The van der Waals surface area contributed by atoms with Gasteiger partial charge < -0.3 is 15.2 Å². The normalized spacial score (nSPS) is 38.4. The van der Waals surface area contributed by atoms with Gasteiger partial charge in [0, 0.05) is 37.2 Å². The van der Waals surface area contributed by atoms with Gasteiger partial charge >= 0.3 is 5.97 Å². The molecule has 0 spiro atoms. The minimum Gasteiger partial charge on any atom is -0.495 e. The van der Waals surface area contributed by atoms with Gasteiger partial charge in [-0.15, -0.1) is 0 Å². The van der Waals surface area contributed by atoms with Gasteiger partial charge in [-0.1, -0.05) is 81.0 Å². The van der Waals surface area contributed by atoms with E-state index in [1.807, 2.05) is 39.8 Å². The molecule has 1 amide bonds. The average Bonchev–Trinajstić information content (AvgIpc) is 3.45. The molecule has 2 N–H and O–H groups in total. The number of carboxylic acids is 1. The van der Waals surface area contributed by atoms with Crippen LogP contribution in [0.25, 0.3) is 0 Å². The summed E-state index contributed by atoms with van der Waals surface area (Å²) in [6, 6.07) is 3.97. The van der Waals surface area contributed by atoms with Crippen LogP contribution in [0.2, 0.25) is 0 Å². The summed E-state index contributed by atoms with van der Waals surface area (Å²) in [7, 11) is 0. The van der Waals surface area contributed by atoms with Crippen LogP contribution >= 0.6 is 0 Å². The minimum absolute atomic E-state index is 0.00614. The van der Waals surface area contributed by atoms with Crippen molar-refractivity contribution in [3.63, 3.8) is 0 Å². The zero-order chi connectivity index (χ0) is 39.2. The molecule has 1 aromatic heterocycles. The number of ether oxygens (including phenoxy) is 1. The van der Waals surface area contributed by atoms with E-state index in [-0.39, 0.29) is 50.9 Å². The Bertz CT molecular complexity index is 1520. The maximum atomic E-state index is 13.7. The van der Waals surface area contributed by atoms with E-state index in [9.17, 15) is 14.7 Å². The Morgan fingerprint density at radius 2 is 1.57 bits per heavy atom. The summed E-state index contributed by atoms with van der Waals surface area (Å²) < 4.78 is 6.72. The second kappa shape index (κ2) is 15.1. The molecule has 10 atom stereocenters. The lowest BCUT2D eigenvalue weighted by molar-refractivity contribution is -0.249. The molecule has 0 aromatic carbocycles. The van der Waals surface area contributed by atoms with Crippen molar-refractivity contribution in [3.05, 3.63) is 54.6 Å². The molecule has 0 saturated heterocycles. The summed E-state index contributed by atoms with van der Waals surface area (Å²) in [4.78, 5) is 29.3. The molecule has 296 valence electrons. The van der Waals surface area contributed by atoms with E-state index in [0.29, 0.717) is 49.0 Å². The third kappa shape index (κ3) is 7.40. The summed E-state index contributed by atoms with van der Waals surface area (Å²) in [5, 5.41) is 12.7. The molecule has 1 heterocycles. The molecule has 6 heteroatoms. The van der Waals surface area contributed by atoms with Crippen LogP contribution in [0.15, 0.2) is 49.0 Å². The zero-order valence-electron chi connectivity index (χ0n) is 35.2. The summed E-state index contributed by atoms with van der Waals surface area (Å²) in [5.41, 5.74) is 2.78. The molecule has 0 radical (unpaired) electrons. The first-order chi connectivity index (χ1) is 24.8. The van der Waals surface area contributed by atoms with Crippen molar-refractivity contribution >= 4 is 11.9 Å².